The van der Waals surface area contributed by atoms with Crippen LogP contribution in [0.25, 0.3) is 0 Å². The number of hydrogen-bond donors (Lipinski definition) is 1. The monoisotopic (exact) mass is 180 g/mol. The molecule has 0 amide bonds. The first-order valence-electron chi connectivity index (χ1n) is 3.32. The molecule has 1 saturated carbocycles. The first-order chi connectivity index (χ1) is 4.89. The van der Waals surface area contributed by atoms with E-state index in [4.69, 9.17) is 5.11 Å². The van der Waals surface area contributed by atoms with E-state index in [1.807, 2.05) is 0 Å². The van der Waals surface area contributed by atoms with E-state index in [1.54, 1.807) is 13.8 Å². The van der Waals surface area contributed by atoms with Crippen LogP contribution in [0, 0.1) is 17.3 Å². The molecule has 12 heavy (non-hydrogen) atoms. The third-order valence-corrected chi connectivity index (χ3v) is 2.35. The Morgan fingerprint density at radius 1 is 1.33 bits per heavy atom. The van der Waals surface area contributed by atoms with Crippen molar-refractivity contribution in [3.05, 3.63) is 0 Å². The van der Waals surface area contributed by atoms with Crippen molar-refractivity contribution in [1.29, 1.82) is 0 Å². The van der Waals surface area contributed by atoms with Crippen molar-refractivity contribution in [2.75, 3.05) is 0 Å². The fourth-order valence-corrected chi connectivity index (χ4v) is 1.54. The molecule has 0 aliphatic heterocycles. The van der Waals surface area contributed by atoms with Crippen molar-refractivity contribution in [2.45, 2.75) is 13.8 Å². The Balaban J connectivity index is 0.00000121. The summed E-state index contributed by atoms with van der Waals surface area (Å²) in [5, 5.41) is 18.8. The number of aliphatic carboxylic acids is 2. The third-order valence-electron chi connectivity index (χ3n) is 2.35. The van der Waals surface area contributed by atoms with Gasteiger partial charge in [0.25, 0.3) is 0 Å². The molecule has 0 radical (unpaired) electrons. The van der Waals surface area contributed by atoms with E-state index in [0.29, 0.717) is 0 Å². The SMILES string of the molecule is CC1(C)C(C(=O)[O-])C1C(=O)O.[Na+]. The number of carboxylic acids is 2. The Hall–Kier alpha value is -0.0600. The topological polar surface area (TPSA) is 77.4 Å². The molecule has 0 heterocycles. The summed E-state index contributed by atoms with van der Waals surface area (Å²) in [6, 6.07) is 0. The average Bonchev–Trinajstić information content (AvgIpc) is 2.33. The van der Waals surface area contributed by atoms with Crippen LogP contribution in [-0.4, -0.2) is 17.0 Å². The van der Waals surface area contributed by atoms with Crippen molar-refractivity contribution < 1.29 is 49.4 Å². The van der Waals surface area contributed by atoms with Gasteiger partial charge in [-0.1, -0.05) is 13.8 Å². The fourth-order valence-electron chi connectivity index (χ4n) is 1.54. The van der Waals surface area contributed by atoms with E-state index >= 15 is 0 Å². The number of carbonyl (C=O) groups excluding carboxylic acids is 1. The maximum absolute atomic E-state index is 10.4. The predicted molar refractivity (Wildman–Crippen MR) is 33.4 cm³/mol. The number of rotatable bonds is 2. The number of carbonyl (C=O) groups is 2. The maximum atomic E-state index is 10.4. The molecule has 0 aromatic rings. The van der Waals surface area contributed by atoms with Gasteiger partial charge in [-0.2, -0.15) is 0 Å². The van der Waals surface area contributed by atoms with Crippen molar-refractivity contribution >= 4 is 11.9 Å². The molecule has 1 fully saturated rings. The maximum Gasteiger partial charge on any atom is 1.00 e. The Morgan fingerprint density at radius 3 is 1.83 bits per heavy atom. The largest absolute Gasteiger partial charge is 1.00 e. The van der Waals surface area contributed by atoms with Crippen LogP contribution >= 0.6 is 0 Å². The summed E-state index contributed by atoms with van der Waals surface area (Å²) in [7, 11) is 0. The van der Waals surface area contributed by atoms with Gasteiger partial charge in [0.05, 0.1) is 5.92 Å². The molecular formula is C7H9NaO4. The van der Waals surface area contributed by atoms with E-state index in [0.717, 1.165) is 0 Å². The predicted octanol–water partition coefficient (Wildman–Crippen LogP) is -3.90. The Bertz CT molecular complexity index is 201. The molecule has 4 nitrogen and oxygen atoms in total. The second-order valence-electron chi connectivity index (χ2n) is 3.43. The minimum absolute atomic E-state index is 0. The third kappa shape index (κ3) is 1.65. The van der Waals surface area contributed by atoms with Gasteiger partial charge in [0.15, 0.2) is 0 Å². The van der Waals surface area contributed by atoms with E-state index in [2.05, 4.69) is 0 Å². The van der Waals surface area contributed by atoms with Crippen molar-refractivity contribution in [2.24, 2.45) is 17.3 Å². The normalized spacial score (nSPS) is 30.2. The van der Waals surface area contributed by atoms with Gasteiger partial charge >= 0.3 is 35.5 Å². The van der Waals surface area contributed by atoms with Gasteiger partial charge in [0.1, 0.15) is 0 Å². The van der Waals surface area contributed by atoms with Gasteiger partial charge in [0.2, 0.25) is 0 Å². The van der Waals surface area contributed by atoms with E-state index in [-0.39, 0.29) is 29.6 Å². The summed E-state index contributed by atoms with van der Waals surface area (Å²) in [6.45, 7) is 3.23. The van der Waals surface area contributed by atoms with Gasteiger partial charge < -0.3 is 15.0 Å². The summed E-state index contributed by atoms with van der Waals surface area (Å²) in [5.41, 5.74) is -0.634. The zero-order valence-electron chi connectivity index (χ0n) is 7.33. The second-order valence-corrected chi connectivity index (χ2v) is 3.43. The standard InChI is InChI=1S/C7H10O4.Na/c1-7(2)3(5(8)9)4(7)6(10)11;/h3-4H,1-2H3,(H,8,9)(H,10,11);/q;+1/p-1. The molecule has 1 N–H and O–H groups in total. The molecule has 1 rings (SSSR count). The van der Waals surface area contributed by atoms with Crippen LogP contribution in [0.5, 0.6) is 0 Å². The second kappa shape index (κ2) is 3.36. The summed E-state index contributed by atoms with van der Waals surface area (Å²) in [5.74, 6) is -3.90. The van der Waals surface area contributed by atoms with E-state index in [1.165, 1.54) is 0 Å². The van der Waals surface area contributed by atoms with Crippen LogP contribution in [0.3, 0.4) is 0 Å². The first-order valence-corrected chi connectivity index (χ1v) is 3.32. The molecular weight excluding hydrogens is 171 g/mol. The van der Waals surface area contributed by atoms with Crippen molar-refractivity contribution in [3.8, 4) is 0 Å². The molecule has 1 aliphatic carbocycles. The molecule has 1 aliphatic rings. The number of carboxylic acid groups (broad SMARTS) is 2. The smallest absolute Gasteiger partial charge is 0.550 e. The van der Waals surface area contributed by atoms with E-state index < -0.39 is 29.2 Å². The quantitative estimate of drug-likeness (QED) is 0.440. The van der Waals surface area contributed by atoms with Crippen molar-refractivity contribution in [3.63, 3.8) is 0 Å². The summed E-state index contributed by atoms with van der Waals surface area (Å²) < 4.78 is 0. The molecule has 0 aromatic heterocycles. The Morgan fingerprint density at radius 2 is 1.75 bits per heavy atom. The zero-order valence-corrected chi connectivity index (χ0v) is 9.33. The van der Waals surface area contributed by atoms with Crippen LogP contribution in [0.4, 0.5) is 0 Å². The van der Waals surface area contributed by atoms with Crippen LogP contribution in [0.15, 0.2) is 0 Å². The molecule has 0 aromatic carbocycles. The molecule has 5 heteroatoms. The first kappa shape index (κ1) is 11.9. The summed E-state index contributed by atoms with van der Waals surface area (Å²) in [6.07, 6.45) is 0. The minimum Gasteiger partial charge on any atom is -0.550 e. The van der Waals surface area contributed by atoms with Crippen LogP contribution < -0.4 is 34.7 Å². The summed E-state index contributed by atoms with van der Waals surface area (Å²) >= 11 is 0. The zero-order chi connectivity index (χ0) is 8.81. The molecule has 2 atom stereocenters. The molecule has 0 saturated heterocycles. The van der Waals surface area contributed by atoms with E-state index in [9.17, 15) is 14.7 Å². The minimum atomic E-state index is -1.26. The van der Waals surface area contributed by atoms with Gasteiger partial charge in [-0.15, -0.1) is 0 Å². The molecule has 62 valence electrons. The average molecular weight is 180 g/mol. The Kier molecular flexibility index (Phi) is 3.34. The van der Waals surface area contributed by atoms with Crippen molar-refractivity contribution in [1.82, 2.24) is 0 Å². The van der Waals surface area contributed by atoms with Gasteiger partial charge in [0, 0.05) is 11.9 Å². The van der Waals surface area contributed by atoms with Crippen LogP contribution in [0.1, 0.15) is 13.8 Å². The Labute approximate surface area is 92.2 Å². The molecule has 0 bridgehead atoms. The molecule has 2 unspecified atom stereocenters. The number of hydrogen-bond acceptors (Lipinski definition) is 3. The van der Waals surface area contributed by atoms with Crippen LogP contribution in [-0.2, 0) is 9.59 Å². The molecule has 0 spiro atoms. The fraction of sp³-hybridized carbons (Fsp3) is 0.714. The summed E-state index contributed by atoms with van der Waals surface area (Å²) in [4.78, 5) is 20.7. The van der Waals surface area contributed by atoms with Crippen LogP contribution in [0.2, 0.25) is 0 Å². The van der Waals surface area contributed by atoms with Gasteiger partial charge in [-0.3, -0.25) is 4.79 Å². The van der Waals surface area contributed by atoms with Gasteiger partial charge in [-0.25, -0.2) is 0 Å². The van der Waals surface area contributed by atoms with Gasteiger partial charge in [-0.05, 0) is 5.41 Å².